The number of fused-ring (bicyclic) bond motifs is 1. The van der Waals surface area contributed by atoms with Gasteiger partial charge in [-0.3, -0.25) is 14.2 Å². The highest BCUT2D eigenvalue weighted by atomic mass is 35.5. The average molecular weight is 478 g/mol. The molecule has 3 rings (SSSR count). The first-order valence-corrected chi connectivity index (χ1v) is 11.2. The fourth-order valence-corrected chi connectivity index (χ4v) is 4.18. The van der Waals surface area contributed by atoms with E-state index < -0.39 is 0 Å². The van der Waals surface area contributed by atoms with Crippen LogP contribution in [0.4, 0.5) is 5.69 Å². The Kier molecular flexibility index (Phi) is 7.87. The minimum Gasteiger partial charge on any atom is -0.493 e. The Bertz CT molecular complexity index is 1170. The number of nitrogens with zero attached hydrogens (tertiary/aromatic N) is 2. The lowest BCUT2D eigenvalue weighted by molar-refractivity contribution is -0.113. The van der Waals surface area contributed by atoms with Gasteiger partial charge in [0.05, 0.1) is 38.0 Å². The van der Waals surface area contributed by atoms with Crippen molar-refractivity contribution in [2.75, 3.05) is 32.4 Å². The number of carbonyl (C=O) groups is 1. The number of benzene rings is 2. The van der Waals surface area contributed by atoms with Crippen LogP contribution in [0.15, 0.2) is 40.3 Å². The molecule has 0 radical (unpaired) electrons. The van der Waals surface area contributed by atoms with E-state index in [-0.39, 0.29) is 17.2 Å². The number of methoxy groups -OCH3 is 3. The van der Waals surface area contributed by atoms with Crippen molar-refractivity contribution in [3.8, 4) is 17.2 Å². The molecular formula is C22H24ClN3O5S. The van der Waals surface area contributed by atoms with E-state index in [9.17, 15) is 9.59 Å². The van der Waals surface area contributed by atoms with E-state index in [1.54, 1.807) is 34.9 Å². The molecule has 8 nitrogen and oxygen atoms in total. The Hall–Kier alpha value is -2.91. The Morgan fingerprint density at radius 3 is 2.41 bits per heavy atom. The number of hydrogen-bond acceptors (Lipinski definition) is 7. The number of thioether (sulfide) groups is 1. The van der Waals surface area contributed by atoms with Crippen LogP contribution in [0.5, 0.6) is 17.2 Å². The summed E-state index contributed by atoms with van der Waals surface area (Å²) in [6.07, 6.45) is 0.756. The number of rotatable bonds is 9. The molecule has 1 heterocycles. The van der Waals surface area contributed by atoms with Crippen molar-refractivity contribution in [1.29, 1.82) is 0 Å². The average Bonchev–Trinajstić information content (AvgIpc) is 2.78. The summed E-state index contributed by atoms with van der Waals surface area (Å²) in [7, 11) is 4.52. The Balaban J connectivity index is 1.83. The monoisotopic (exact) mass is 477 g/mol. The van der Waals surface area contributed by atoms with Gasteiger partial charge >= 0.3 is 0 Å². The van der Waals surface area contributed by atoms with Gasteiger partial charge in [0.25, 0.3) is 5.56 Å². The fraction of sp³-hybridized carbons (Fsp3) is 0.318. The van der Waals surface area contributed by atoms with E-state index in [4.69, 9.17) is 25.8 Å². The van der Waals surface area contributed by atoms with Gasteiger partial charge in [-0.25, -0.2) is 4.98 Å². The summed E-state index contributed by atoms with van der Waals surface area (Å²) in [5, 5.41) is 4.27. The van der Waals surface area contributed by atoms with Crippen LogP contribution in [0.2, 0.25) is 5.02 Å². The lowest BCUT2D eigenvalue weighted by atomic mass is 10.2. The number of nitrogens with one attached hydrogen (secondary N) is 1. The first kappa shape index (κ1) is 23.7. The first-order valence-electron chi connectivity index (χ1n) is 9.84. The van der Waals surface area contributed by atoms with Crippen LogP contribution in [0, 0.1) is 0 Å². The molecule has 0 aliphatic carbocycles. The number of carbonyl (C=O) groups excluding carboxylic acids is 1. The molecule has 0 saturated heterocycles. The maximum Gasteiger partial charge on any atom is 0.262 e. The van der Waals surface area contributed by atoms with Gasteiger partial charge in [0, 0.05) is 29.4 Å². The second-order valence-electron chi connectivity index (χ2n) is 6.76. The maximum atomic E-state index is 12.9. The van der Waals surface area contributed by atoms with E-state index >= 15 is 0 Å². The largest absolute Gasteiger partial charge is 0.493 e. The van der Waals surface area contributed by atoms with Gasteiger partial charge < -0.3 is 19.5 Å². The fourth-order valence-electron chi connectivity index (χ4n) is 3.19. The van der Waals surface area contributed by atoms with Crippen molar-refractivity contribution in [3.63, 3.8) is 0 Å². The normalized spacial score (nSPS) is 10.8. The van der Waals surface area contributed by atoms with Crippen molar-refractivity contribution in [1.82, 2.24) is 9.55 Å². The molecular weight excluding hydrogens is 454 g/mol. The molecule has 1 amide bonds. The maximum absolute atomic E-state index is 12.9. The van der Waals surface area contributed by atoms with Gasteiger partial charge in [0.1, 0.15) is 0 Å². The summed E-state index contributed by atoms with van der Waals surface area (Å²) in [5.41, 5.74) is 0.845. The molecule has 32 heavy (non-hydrogen) atoms. The van der Waals surface area contributed by atoms with Crippen molar-refractivity contribution in [3.05, 3.63) is 45.7 Å². The molecule has 2 aromatic carbocycles. The van der Waals surface area contributed by atoms with E-state index in [1.807, 2.05) is 6.92 Å². The molecule has 0 aliphatic heterocycles. The molecule has 0 fully saturated rings. The minimum absolute atomic E-state index is 0.0545. The van der Waals surface area contributed by atoms with Crippen LogP contribution < -0.4 is 25.1 Å². The first-order chi connectivity index (χ1) is 15.4. The molecule has 0 unspecified atom stereocenters. The minimum atomic E-state index is -0.271. The number of ether oxygens (including phenoxy) is 3. The molecule has 0 aliphatic rings. The number of halogens is 1. The third-order valence-electron chi connectivity index (χ3n) is 4.61. The predicted molar refractivity (Wildman–Crippen MR) is 127 cm³/mol. The molecule has 0 bridgehead atoms. The third kappa shape index (κ3) is 5.11. The van der Waals surface area contributed by atoms with Crippen LogP contribution in [0.25, 0.3) is 10.9 Å². The highest BCUT2D eigenvalue weighted by Crippen LogP contribution is 2.40. The summed E-state index contributed by atoms with van der Waals surface area (Å²) in [5.74, 6) is 1.08. The van der Waals surface area contributed by atoms with Crippen molar-refractivity contribution in [2.24, 2.45) is 0 Å². The molecule has 0 saturated carbocycles. The Morgan fingerprint density at radius 2 is 1.81 bits per heavy atom. The summed E-state index contributed by atoms with van der Waals surface area (Å²) in [6.45, 7) is 2.48. The van der Waals surface area contributed by atoms with Crippen LogP contribution in [-0.4, -0.2) is 42.5 Å². The Morgan fingerprint density at radius 1 is 1.12 bits per heavy atom. The third-order valence-corrected chi connectivity index (χ3v) is 5.82. The lowest BCUT2D eigenvalue weighted by Gasteiger charge is -2.15. The second kappa shape index (κ2) is 10.6. The molecule has 1 aromatic heterocycles. The molecule has 1 N–H and O–H groups in total. The molecule has 3 aromatic rings. The zero-order valence-corrected chi connectivity index (χ0v) is 19.8. The number of hydrogen-bond donors (Lipinski definition) is 1. The summed E-state index contributed by atoms with van der Waals surface area (Å²) >= 11 is 7.25. The van der Waals surface area contributed by atoms with Gasteiger partial charge in [-0.15, -0.1) is 0 Å². The van der Waals surface area contributed by atoms with Crippen LogP contribution >= 0.6 is 23.4 Å². The van der Waals surface area contributed by atoms with Crippen molar-refractivity contribution in [2.45, 2.75) is 25.0 Å². The topological polar surface area (TPSA) is 91.7 Å². The summed E-state index contributed by atoms with van der Waals surface area (Å²) < 4.78 is 17.5. The smallest absolute Gasteiger partial charge is 0.262 e. The molecule has 0 atom stereocenters. The van der Waals surface area contributed by atoms with Gasteiger partial charge in [0.15, 0.2) is 16.7 Å². The lowest BCUT2D eigenvalue weighted by Crippen LogP contribution is -2.24. The highest BCUT2D eigenvalue weighted by molar-refractivity contribution is 7.99. The van der Waals surface area contributed by atoms with Crippen molar-refractivity contribution >= 4 is 45.9 Å². The second-order valence-corrected chi connectivity index (χ2v) is 8.14. The van der Waals surface area contributed by atoms with E-state index in [0.717, 1.165) is 6.42 Å². The standard InChI is InChI=1S/C22H24ClN3O5S/c1-5-8-26-21(28)15-7-6-13(23)9-16(15)25-22(26)32-12-19(27)24-14-10-17(29-2)20(31-4)18(11-14)30-3/h6-7,9-11H,5,8,12H2,1-4H3,(H,24,27). The van der Waals surface area contributed by atoms with Gasteiger partial charge in [-0.1, -0.05) is 30.3 Å². The molecule has 0 spiro atoms. The molecule has 170 valence electrons. The predicted octanol–water partition coefficient (Wildman–Crippen LogP) is 4.22. The number of anilines is 1. The Labute approximate surface area is 194 Å². The van der Waals surface area contributed by atoms with E-state index in [0.29, 0.717) is 50.6 Å². The summed E-state index contributed by atoms with van der Waals surface area (Å²) in [6, 6.07) is 8.28. The van der Waals surface area contributed by atoms with Gasteiger partial charge in [-0.2, -0.15) is 0 Å². The zero-order valence-electron chi connectivity index (χ0n) is 18.2. The quantitative estimate of drug-likeness (QED) is 0.364. The number of aromatic nitrogens is 2. The number of amides is 1. The zero-order chi connectivity index (χ0) is 23.3. The summed E-state index contributed by atoms with van der Waals surface area (Å²) in [4.78, 5) is 30.1. The molecule has 10 heteroatoms. The van der Waals surface area contributed by atoms with Gasteiger partial charge in [0.2, 0.25) is 11.7 Å². The van der Waals surface area contributed by atoms with Crippen molar-refractivity contribution < 1.29 is 19.0 Å². The highest BCUT2D eigenvalue weighted by Gasteiger charge is 2.16. The van der Waals surface area contributed by atoms with Gasteiger partial charge in [-0.05, 0) is 24.6 Å². The van der Waals surface area contributed by atoms with Crippen LogP contribution in [-0.2, 0) is 11.3 Å². The van der Waals surface area contributed by atoms with E-state index in [2.05, 4.69) is 10.3 Å². The SMILES string of the molecule is CCCn1c(SCC(=O)Nc2cc(OC)c(OC)c(OC)c2)nc2cc(Cl)ccc2c1=O. The van der Waals surface area contributed by atoms with E-state index in [1.165, 1.54) is 33.1 Å². The van der Waals surface area contributed by atoms with Crippen LogP contribution in [0.3, 0.4) is 0 Å². The van der Waals surface area contributed by atoms with Crippen LogP contribution in [0.1, 0.15) is 13.3 Å².